The number of imidazole rings is 1. The molecule has 1 spiro atoms. The molecular formula is C15H25N3O2. The zero-order valence-corrected chi connectivity index (χ0v) is 12.5. The number of likely N-dealkylation sites (N-methyl/N-ethyl adjacent to an activating group) is 1. The maximum absolute atomic E-state index is 5.93. The summed E-state index contributed by atoms with van der Waals surface area (Å²) in [6.45, 7) is 6.76. The normalized spacial score (nSPS) is 29.1. The van der Waals surface area contributed by atoms with Crippen molar-refractivity contribution in [3.05, 3.63) is 18.2 Å². The van der Waals surface area contributed by atoms with Crippen molar-refractivity contribution in [1.29, 1.82) is 0 Å². The van der Waals surface area contributed by atoms with E-state index in [1.165, 1.54) is 0 Å². The molecule has 0 aromatic carbocycles. The minimum Gasteiger partial charge on any atom is -0.347 e. The van der Waals surface area contributed by atoms with Gasteiger partial charge in [-0.15, -0.1) is 0 Å². The lowest BCUT2D eigenvalue weighted by Gasteiger charge is -2.42. The van der Waals surface area contributed by atoms with E-state index in [0.717, 1.165) is 51.3 Å². The number of nitrogens with one attached hydrogen (secondary N) is 1. The van der Waals surface area contributed by atoms with E-state index in [9.17, 15) is 0 Å². The van der Waals surface area contributed by atoms with Crippen LogP contribution in [0.3, 0.4) is 0 Å². The smallest absolute Gasteiger partial charge is 0.170 e. The molecule has 2 unspecified atom stereocenters. The lowest BCUT2D eigenvalue weighted by Crippen LogP contribution is -2.48. The van der Waals surface area contributed by atoms with Crippen LogP contribution >= 0.6 is 0 Å². The summed E-state index contributed by atoms with van der Waals surface area (Å²) in [7, 11) is 0. The first kappa shape index (κ1) is 14.0. The SMILES string of the molecule is CCNC1CCC2(CC1n1ccnc1CC)OCCO2. The number of rotatable bonds is 4. The van der Waals surface area contributed by atoms with Crippen molar-refractivity contribution in [2.45, 2.75) is 57.4 Å². The van der Waals surface area contributed by atoms with E-state index in [2.05, 4.69) is 34.9 Å². The van der Waals surface area contributed by atoms with Crippen molar-refractivity contribution in [2.75, 3.05) is 19.8 Å². The van der Waals surface area contributed by atoms with E-state index < -0.39 is 0 Å². The topological polar surface area (TPSA) is 48.3 Å². The molecule has 2 aliphatic rings. The van der Waals surface area contributed by atoms with Crippen molar-refractivity contribution in [1.82, 2.24) is 14.9 Å². The summed E-state index contributed by atoms with van der Waals surface area (Å²) in [6.07, 6.45) is 7.93. The van der Waals surface area contributed by atoms with Crippen LogP contribution in [-0.2, 0) is 15.9 Å². The quantitative estimate of drug-likeness (QED) is 0.914. The molecule has 2 heterocycles. The predicted octanol–water partition coefficient (Wildman–Crippen LogP) is 1.89. The van der Waals surface area contributed by atoms with Crippen LogP contribution in [0.5, 0.6) is 0 Å². The first-order valence-corrected chi connectivity index (χ1v) is 7.81. The van der Waals surface area contributed by atoms with E-state index in [4.69, 9.17) is 9.47 Å². The summed E-state index contributed by atoms with van der Waals surface area (Å²) < 4.78 is 14.2. The van der Waals surface area contributed by atoms with Gasteiger partial charge in [0.25, 0.3) is 0 Å². The lowest BCUT2D eigenvalue weighted by molar-refractivity contribution is -0.188. The number of hydrogen-bond donors (Lipinski definition) is 1. The Hall–Kier alpha value is -0.910. The summed E-state index contributed by atoms with van der Waals surface area (Å²) in [5.74, 6) is 0.791. The summed E-state index contributed by atoms with van der Waals surface area (Å²) >= 11 is 0. The van der Waals surface area contributed by atoms with Gasteiger partial charge in [0.15, 0.2) is 5.79 Å². The monoisotopic (exact) mass is 279 g/mol. The van der Waals surface area contributed by atoms with Crippen LogP contribution in [-0.4, -0.2) is 41.1 Å². The Morgan fingerprint density at radius 1 is 1.40 bits per heavy atom. The second-order valence-corrected chi connectivity index (χ2v) is 5.69. The molecule has 5 heteroatoms. The van der Waals surface area contributed by atoms with Crippen molar-refractivity contribution >= 4 is 0 Å². The highest BCUT2D eigenvalue weighted by Gasteiger charge is 2.45. The van der Waals surface area contributed by atoms with E-state index in [1.54, 1.807) is 0 Å². The third kappa shape index (κ3) is 2.50. The molecule has 112 valence electrons. The van der Waals surface area contributed by atoms with Gasteiger partial charge in [-0.05, 0) is 13.0 Å². The average molecular weight is 279 g/mol. The fraction of sp³-hybridized carbons (Fsp3) is 0.800. The molecule has 1 aromatic rings. The summed E-state index contributed by atoms with van der Waals surface area (Å²) in [4.78, 5) is 4.47. The number of ether oxygens (including phenoxy) is 2. The Labute approximate surface area is 120 Å². The Kier molecular flexibility index (Phi) is 4.10. The van der Waals surface area contributed by atoms with Gasteiger partial charge in [-0.1, -0.05) is 13.8 Å². The Balaban J connectivity index is 1.85. The molecule has 1 saturated carbocycles. The van der Waals surface area contributed by atoms with Gasteiger partial charge < -0.3 is 19.4 Å². The van der Waals surface area contributed by atoms with E-state index in [-0.39, 0.29) is 5.79 Å². The molecule has 0 amide bonds. The number of aryl methyl sites for hydroxylation is 1. The molecule has 1 N–H and O–H groups in total. The zero-order valence-electron chi connectivity index (χ0n) is 12.5. The number of nitrogens with zero attached hydrogens (tertiary/aromatic N) is 2. The lowest BCUT2D eigenvalue weighted by atomic mass is 9.85. The largest absolute Gasteiger partial charge is 0.347 e. The number of hydrogen-bond acceptors (Lipinski definition) is 4. The molecule has 3 rings (SSSR count). The molecule has 1 aliphatic heterocycles. The zero-order chi connectivity index (χ0) is 14.0. The maximum atomic E-state index is 5.93. The molecule has 2 fully saturated rings. The van der Waals surface area contributed by atoms with Crippen molar-refractivity contribution in [3.63, 3.8) is 0 Å². The van der Waals surface area contributed by atoms with Gasteiger partial charge in [-0.3, -0.25) is 0 Å². The first-order chi connectivity index (χ1) is 9.78. The van der Waals surface area contributed by atoms with Gasteiger partial charge in [0.05, 0.1) is 19.3 Å². The number of aromatic nitrogens is 2. The second kappa shape index (κ2) is 5.84. The van der Waals surface area contributed by atoms with Gasteiger partial charge in [0.1, 0.15) is 5.82 Å². The molecule has 1 aromatic heterocycles. The van der Waals surface area contributed by atoms with Crippen LogP contribution < -0.4 is 5.32 Å². The standard InChI is InChI=1S/C15H25N3O2/c1-3-14-17-7-8-18(14)13-11-15(19-9-10-20-15)6-5-12(13)16-4-2/h7-8,12-13,16H,3-6,9-11H2,1-2H3. The maximum Gasteiger partial charge on any atom is 0.170 e. The van der Waals surface area contributed by atoms with Crippen LogP contribution in [0, 0.1) is 0 Å². The van der Waals surface area contributed by atoms with Gasteiger partial charge in [-0.2, -0.15) is 0 Å². The van der Waals surface area contributed by atoms with Crippen LogP contribution in [0.25, 0.3) is 0 Å². The second-order valence-electron chi connectivity index (χ2n) is 5.69. The fourth-order valence-electron chi connectivity index (χ4n) is 3.60. The van der Waals surface area contributed by atoms with Gasteiger partial charge in [0, 0.05) is 37.7 Å². The van der Waals surface area contributed by atoms with Crippen LogP contribution in [0.2, 0.25) is 0 Å². The fourth-order valence-corrected chi connectivity index (χ4v) is 3.60. The molecule has 2 atom stereocenters. The first-order valence-electron chi connectivity index (χ1n) is 7.81. The summed E-state index contributed by atoms with van der Waals surface area (Å²) in [5.41, 5.74) is 0. The van der Waals surface area contributed by atoms with Gasteiger partial charge in [-0.25, -0.2) is 4.98 Å². The van der Waals surface area contributed by atoms with Crippen LogP contribution in [0.1, 0.15) is 45.0 Å². The Bertz CT molecular complexity index is 440. The van der Waals surface area contributed by atoms with Crippen molar-refractivity contribution < 1.29 is 9.47 Å². The third-order valence-electron chi connectivity index (χ3n) is 4.52. The molecule has 1 aliphatic carbocycles. The van der Waals surface area contributed by atoms with E-state index in [1.807, 2.05) is 6.20 Å². The molecular weight excluding hydrogens is 254 g/mol. The van der Waals surface area contributed by atoms with Crippen molar-refractivity contribution in [2.24, 2.45) is 0 Å². The molecule has 0 bridgehead atoms. The minimum absolute atomic E-state index is 0.355. The minimum atomic E-state index is -0.355. The predicted molar refractivity (Wildman–Crippen MR) is 76.6 cm³/mol. The average Bonchev–Trinajstić information content (AvgIpc) is 3.10. The van der Waals surface area contributed by atoms with Crippen LogP contribution in [0.15, 0.2) is 12.4 Å². The third-order valence-corrected chi connectivity index (χ3v) is 4.52. The Morgan fingerprint density at radius 3 is 2.90 bits per heavy atom. The highest BCUT2D eigenvalue weighted by atomic mass is 16.7. The van der Waals surface area contributed by atoms with Gasteiger partial charge >= 0.3 is 0 Å². The van der Waals surface area contributed by atoms with Gasteiger partial charge in [0.2, 0.25) is 0 Å². The highest BCUT2D eigenvalue weighted by Crippen LogP contribution is 2.41. The van der Waals surface area contributed by atoms with Crippen LogP contribution in [0.4, 0.5) is 0 Å². The molecule has 5 nitrogen and oxygen atoms in total. The van der Waals surface area contributed by atoms with E-state index in [0.29, 0.717) is 12.1 Å². The Morgan fingerprint density at radius 2 is 2.20 bits per heavy atom. The van der Waals surface area contributed by atoms with Crippen molar-refractivity contribution in [3.8, 4) is 0 Å². The molecule has 1 saturated heterocycles. The molecule has 20 heavy (non-hydrogen) atoms. The summed E-state index contributed by atoms with van der Waals surface area (Å²) in [6, 6.07) is 0.831. The van der Waals surface area contributed by atoms with E-state index >= 15 is 0 Å². The summed E-state index contributed by atoms with van der Waals surface area (Å²) in [5, 5.41) is 3.62. The highest BCUT2D eigenvalue weighted by molar-refractivity contribution is 5.02. The molecule has 0 radical (unpaired) electrons.